The van der Waals surface area contributed by atoms with Crippen molar-refractivity contribution in [3.05, 3.63) is 71.2 Å². The van der Waals surface area contributed by atoms with Crippen LogP contribution in [0.25, 0.3) is 10.9 Å². The summed E-state index contributed by atoms with van der Waals surface area (Å²) in [5, 5.41) is 3.60. The molecule has 0 aliphatic carbocycles. The van der Waals surface area contributed by atoms with Gasteiger partial charge in [0.2, 0.25) is 0 Å². The molecular formula is C20H17FN2O3. The lowest BCUT2D eigenvalue weighted by Crippen LogP contribution is -2.42. The molecule has 6 heteroatoms. The van der Waals surface area contributed by atoms with Gasteiger partial charge in [0.25, 0.3) is 5.91 Å². The molecule has 0 radical (unpaired) electrons. The fourth-order valence-corrected chi connectivity index (χ4v) is 3.27. The molecule has 2 N–H and O–H groups in total. The normalized spacial score (nSPS) is 16.2. The molecule has 1 atom stereocenters. The molecule has 0 unspecified atom stereocenters. The minimum absolute atomic E-state index is 0.296. The number of cyclic esters (lactones) is 1. The second-order valence-corrected chi connectivity index (χ2v) is 6.30. The fourth-order valence-electron chi connectivity index (χ4n) is 3.27. The number of aromatic amines is 1. The molecule has 1 amide bonds. The van der Waals surface area contributed by atoms with Gasteiger partial charge in [-0.1, -0.05) is 18.2 Å². The zero-order valence-corrected chi connectivity index (χ0v) is 13.9. The van der Waals surface area contributed by atoms with Gasteiger partial charge < -0.3 is 15.0 Å². The molecule has 0 saturated carbocycles. The second kappa shape index (κ2) is 6.63. The number of rotatable bonds is 4. The molecule has 132 valence electrons. The summed E-state index contributed by atoms with van der Waals surface area (Å²) in [6.45, 7) is 0.373. The number of hydrogen-bond donors (Lipinski definition) is 2. The third kappa shape index (κ3) is 3.06. The second-order valence-electron chi connectivity index (χ2n) is 6.30. The Balaban J connectivity index is 1.38. The Morgan fingerprint density at radius 1 is 1.27 bits per heavy atom. The van der Waals surface area contributed by atoms with Crippen molar-refractivity contribution in [2.24, 2.45) is 0 Å². The summed E-state index contributed by atoms with van der Waals surface area (Å²) in [6, 6.07) is 11.7. The van der Waals surface area contributed by atoms with Crippen LogP contribution in [-0.4, -0.2) is 29.5 Å². The van der Waals surface area contributed by atoms with Crippen molar-refractivity contribution in [2.45, 2.75) is 18.9 Å². The predicted molar refractivity (Wildman–Crippen MR) is 94.3 cm³/mol. The number of benzene rings is 2. The third-order valence-electron chi connectivity index (χ3n) is 4.61. The quantitative estimate of drug-likeness (QED) is 0.709. The Morgan fingerprint density at radius 2 is 2.12 bits per heavy atom. The minimum atomic E-state index is -0.821. The lowest BCUT2D eigenvalue weighted by Gasteiger charge is -2.23. The first-order chi connectivity index (χ1) is 12.6. The molecule has 1 aromatic heterocycles. The highest BCUT2D eigenvalue weighted by molar-refractivity contribution is 5.95. The summed E-state index contributed by atoms with van der Waals surface area (Å²) >= 11 is 0. The molecule has 1 aliphatic heterocycles. The zero-order chi connectivity index (χ0) is 18.1. The van der Waals surface area contributed by atoms with Crippen molar-refractivity contribution < 1.29 is 18.7 Å². The van der Waals surface area contributed by atoms with Gasteiger partial charge in [-0.25, -0.2) is 9.18 Å². The molecule has 5 nitrogen and oxygen atoms in total. The largest absolute Gasteiger partial charge is 0.448 e. The van der Waals surface area contributed by atoms with E-state index in [0.29, 0.717) is 24.9 Å². The van der Waals surface area contributed by atoms with Crippen molar-refractivity contribution in [3.8, 4) is 0 Å². The SMILES string of the molecule is O=C1O[C@H](C(=O)NCCc2c[nH]c3ccc(F)cc23)Cc2ccccc21. The molecule has 1 aliphatic rings. The molecule has 2 heterocycles. The number of carbonyl (C=O) groups excluding carboxylic acids is 2. The van der Waals surface area contributed by atoms with Crippen molar-refractivity contribution in [2.75, 3.05) is 6.54 Å². The van der Waals surface area contributed by atoms with Gasteiger partial charge in [0.15, 0.2) is 6.10 Å². The topological polar surface area (TPSA) is 71.2 Å². The minimum Gasteiger partial charge on any atom is -0.448 e. The fraction of sp³-hybridized carbons (Fsp3) is 0.200. The smallest absolute Gasteiger partial charge is 0.339 e. The van der Waals surface area contributed by atoms with E-state index in [1.165, 1.54) is 12.1 Å². The molecule has 3 aromatic rings. The van der Waals surface area contributed by atoms with Crippen LogP contribution < -0.4 is 5.32 Å². The van der Waals surface area contributed by atoms with Gasteiger partial charge in [-0.3, -0.25) is 4.79 Å². The number of carbonyl (C=O) groups is 2. The summed E-state index contributed by atoms with van der Waals surface area (Å²) in [7, 11) is 0. The third-order valence-corrected chi connectivity index (χ3v) is 4.61. The number of H-pyrrole nitrogens is 1. The molecule has 0 fully saturated rings. The molecule has 4 rings (SSSR count). The van der Waals surface area contributed by atoms with E-state index in [2.05, 4.69) is 10.3 Å². The number of amides is 1. The van der Waals surface area contributed by atoms with E-state index in [-0.39, 0.29) is 11.7 Å². The van der Waals surface area contributed by atoms with Crippen LogP contribution in [0.15, 0.2) is 48.7 Å². The zero-order valence-electron chi connectivity index (χ0n) is 13.9. The number of halogens is 1. The van der Waals surface area contributed by atoms with Crippen LogP contribution in [-0.2, 0) is 22.4 Å². The summed E-state index contributed by atoms with van der Waals surface area (Å²) in [6.07, 6.45) is 1.91. The van der Waals surface area contributed by atoms with Crippen LogP contribution in [0.5, 0.6) is 0 Å². The Morgan fingerprint density at radius 3 is 3.00 bits per heavy atom. The monoisotopic (exact) mass is 352 g/mol. The van der Waals surface area contributed by atoms with E-state index in [0.717, 1.165) is 22.0 Å². The van der Waals surface area contributed by atoms with Crippen molar-refractivity contribution in [3.63, 3.8) is 0 Å². The maximum absolute atomic E-state index is 13.4. The predicted octanol–water partition coefficient (Wildman–Crippen LogP) is 2.75. The van der Waals surface area contributed by atoms with Crippen LogP contribution in [0.4, 0.5) is 4.39 Å². The van der Waals surface area contributed by atoms with E-state index >= 15 is 0 Å². The van der Waals surface area contributed by atoms with Crippen molar-refractivity contribution in [1.82, 2.24) is 10.3 Å². The van der Waals surface area contributed by atoms with Crippen LogP contribution in [0.3, 0.4) is 0 Å². The Labute approximate surface area is 149 Å². The van der Waals surface area contributed by atoms with E-state index in [1.807, 2.05) is 18.3 Å². The Kier molecular flexibility index (Phi) is 4.16. The van der Waals surface area contributed by atoms with Gasteiger partial charge in [-0.05, 0) is 41.8 Å². The van der Waals surface area contributed by atoms with E-state index in [1.54, 1.807) is 18.2 Å². The molecule has 0 bridgehead atoms. The molecular weight excluding hydrogens is 335 g/mol. The first kappa shape index (κ1) is 16.3. The van der Waals surface area contributed by atoms with Gasteiger partial charge in [0, 0.05) is 30.1 Å². The van der Waals surface area contributed by atoms with E-state index < -0.39 is 12.1 Å². The maximum atomic E-state index is 13.4. The highest BCUT2D eigenvalue weighted by Crippen LogP contribution is 2.21. The van der Waals surface area contributed by atoms with E-state index in [4.69, 9.17) is 4.74 Å². The summed E-state index contributed by atoms with van der Waals surface area (Å²) < 4.78 is 18.7. The summed E-state index contributed by atoms with van der Waals surface area (Å²) in [5.41, 5.74) is 3.10. The average molecular weight is 352 g/mol. The lowest BCUT2D eigenvalue weighted by molar-refractivity contribution is -0.130. The maximum Gasteiger partial charge on any atom is 0.339 e. The average Bonchev–Trinajstić information content (AvgIpc) is 3.04. The number of ether oxygens (including phenoxy) is 1. The van der Waals surface area contributed by atoms with Crippen molar-refractivity contribution in [1.29, 1.82) is 0 Å². The first-order valence-electron chi connectivity index (χ1n) is 8.44. The van der Waals surface area contributed by atoms with Gasteiger partial charge in [-0.15, -0.1) is 0 Å². The van der Waals surface area contributed by atoms with Gasteiger partial charge in [0.05, 0.1) is 5.56 Å². The van der Waals surface area contributed by atoms with Gasteiger partial charge in [0.1, 0.15) is 5.82 Å². The lowest BCUT2D eigenvalue weighted by atomic mass is 9.98. The number of hydrogen-bond acceptors (Lipinski definition) is 3. The Hall–Kier alpha value is -3.15. The van der Waals surface area contributed by atoms with Crippen LogP contribution in [0.2, 0.25) is 0 Å². The molecule has 0 spiro atoms. The van der Waals surface area contributed by atoms with Crippen LogP contribution >= 0.6 is 0 Å². The number of fused-ring (bicyclic) bond motifs is 2. The van der Waals surface area contributed by atoms with Gasteiger partial charge >= 0.3 is 5.97 Å². The first-order valence-corrected chi connectivity index (χ1v) is 8.44. The highest BCUT2D eigenvalue weighted by atomic mass is 19.1. The van der Waals surface area contributed by atoms with Crippen molar-refractivity contribution >= 4 is 22.8 Å². The standard InChI is InChI=1S/C20H17FN2O3/c21-14-5-6-17-16(10-14)13(11-23-17)7-8-22-19(24)18-9-12-3-1-2-4-15(12)20(25)26-18/h1-6,10-11,18,23H,7-9H2,(H,22,24)/t18-/m0/s1. The number of esters is 1. The van der Waals surface area contributed by atoms with Crippen LogP contribution in [0, 0.1) is 5.82 Å². The van der Waals surface area contributed by atoms with Gasteiger partial charge in [-0.2, -0.15) is 0 Å². The van der Waals surface area contributed by atoms with Crippen LogP contribution in [0.1, 0.15) is 21.5 Å². The van der Waals surface area contributed by atoms with E-state index in [9.17, 15) is 14.0 Å². The number of nitrogens with one attached hydrogen (secondary N) is 2. The molecule has 26 heavy (non-hydrogen) atoms. The molecule has 0 saturated heterocycles. The summed E-state index contributed by atoms with van der Waals surface area (Å²) in [5.74, 6) is -1.09. The number of aromatic nitrogens is 1. The Bertz CT molecular complexity index is 996. The summed E-state index contributed by atoms with van der Waals surface area (Å²) in [4.78, 5) is 27.4. The highest BCUT2D eigenvalue weighted by Gasteiger charge is 2.30. The molecule has 2 aromatic carbocycles.